The van der Waals surface area contributed by atoms with Gasteiger partial charge in [-0.2, -0.15) is 5.10 Å². The Morgan fingerprint density at radius 3 is 2.31 bits per heavy atom. The number of para-hydroxylation sites is 1. The van der Waals surface area contributed by atoms with E-state index >= 15 is 0 Å². The van der Waals surface area contributed by atoms with Gasteiger partial charge in [0.2, 0.25) is 0 Å². The topological polar surface area (TPSA) is 79.8 Å². The minimum Gasteiger partial charge on any atom is -0.423 e. The predicted octanol–water partition coefficient (Wildman–Crippen LogP) is 4.23. The molecule has 7 heteroatoms. The van der Waals surface area contributed by atoms with Gasteiger partial charge in [0, 0.05) is 10.2 Å². The molecule has 0 aliphatic rings. The number of carbonyl (C=O) groups excluding carboxylic acids is 2. The van der Waals surface area contributed by atoms with Crippen LogP contribution in [-0.2, 0) is 4.79 Å². The first-order valence-corrected chi connectivity index (χ1v) is 9.58. The summed E-state index contributed by atoms with van der Waals surface area (Å²) in [6.45, 7) is 0.117. The van der Waals surface area contributed by atoms with Crippen LogP contribution < -0.4 is 15.5 Å². The molecule has 0 spiro atoms. The van der Waals surface area contributed by atoms with Crippen molar-refractivity contribution in [3.8, 4) is 5.75 Å². The molecule has 6 nitrogen and oxygen atoms in total. The zero-order chi connectivity index (χ0) is 20.5. The monoisotopic (exact) mass is 451 g/mol. The fourth-order valence-electron chi connectivity index (χ4n) is 2.33. The number of anilines is 1. The lowest BCUT2D eigenvalue weighted by atomic mass is 10.2. The molecule has 0 fully saturated rings. The van der Waals surface area contributed by atoms with Crippen molar-refractivity contribution in [3.05, 3.63) is 94.5 Å². The molecule has 2 N–H and O–H groups in total. The minimum atomic E-state index is -0.433. The smallest absolute Gasteiger partial charge is 0.343 e. The highest BCUT2D eigenvalue weighted by atomic mass is 79.9. The van der Waals surface area contributed by atoms with Crippen LogP contribution in [0.3, 0.4) is 0 Å². The average Bonchev–Trinajstić information content (AvgIpc) is 2.75. The van der Waals surface area contributed by atoms with Gasteiger partial charge in [-0.15, -0.1) is 0 Å². The molecule has 3 aromatic carbocycles. The Morgan fingerprint density at radius 2 is 1.62 bits per heavy atom. The largest absolute Gasteiger partial charge is 0.423 e. The Labute approximate surface area is 176 Å². The zero-order valence-electron chi connectivity index (χ0n) is 15.3. The maximum absolute atomic E-state index is 12.1. The second-order valence-corrected chi connectivity index (χ2v) is 6.89. The van der Waals surface area contributed by atoms with Crippen LogP contribution in [0.5, 0.6) is 5.75 Å². The van der Waals surface area contributed by atoms with Gasteiger partial charge in [0.25, 0.3) is 5.91 Å². The van der Waals surface area contributed by atoms with Crippen molar-refractivity contribution in [2.45, 2.75) is 0 Å². The van der Waals surface area contributed by atoms with Gasteiger partial charge in [0.05, 0.1) is 18.3 Å². The van der Waals surface area contributed by atoms with E-state index in [1.54, 1.807) is 48.5 Å². The van der Waals surface area contributed by atoms with Crippen LogP contribution in [0.15, 0.2) is 88.4 Å². The summed E-state index contributed by atoms with van der Waals surface area (Å²) in [7, 11) is 0. The maximum atomic E-state index is 12.1. The lowest BCUT2D eigenvalue weighted by Gasteiger charge is -2.05. The van der Waals surface area contributed by atoms with Crippen LogP contribution >= 0.6 is 15.9 Å². The predicted molar refractivity (Wildman–Crippen MR) is 116 cm³/mol. The standard InChI is InChI=1S/C22H18BrN3O3/c23-18-10-8-17(9-11-18)22(28)29-20-12-6-16(7-13-20)14-25-26-21(27)15-24-19-4-2-1-3-5-19/h1-14,24H,15H2,(H,26,27)/b25-14+. The summed E-state index contributed by atoms with van der Waals surface area (Å²) in [5.41, 5.74) is 4.53. The number of hydrazone groups is 1. The molecule has 0 aliphatic carbocycles. The number of amides is 1. The van der Waals surface area contributed by atoms with Gasteiger partial charge in [-0.1, -0.05) is 34.1 Å². The van der Waals surface area contributed by atoms with Crippen molar-refractivity contribution in [1.29, 1.82) is 0 Å². The molecule has 0 saturated heterocycles. The SMILES string of the molecule is O=C(CNc1ccccc1)N/N=C/c1ccc(OC(=O)c2ccc(Br)cc2)cc1. The van der Waals surface area contributed by atoms with Crippen molar-refractivity contribution >= 4 is 39.7 Å². The van der Waals surface area contributed by atoms with Gasteiger partial charge in [-0.25, -0.2) is 10.2 Å². The summed E-state index contributed by atoms with van der Waals surface area (Å²) in [4.78, 5) is 23.9. The number of esters is 1. The van der Waals surface area contributed by atoms with Crippen molar-refractivity contribution in [1.82, 2.24) is 5.43 Å². The van der Waals surface area contributed by atoms with Crippen LogP contribution in [0.1, 0.15) is 15.9 Å². The number of halogens is 1. The zero-order valence-corrected chi connectivity index (χ0v) is 16.9. The summed E-state index contributed by atoms with van der Waals surface area (Å²) in [6, 6.07) is 23.2. The van der Waals surface area contributed by atoms with Crippen LogP contribution in [0, 0.1) is 0 Å². The van der Waals surface area contributed by atoms with E-state index in [0.717, 1.165) is 15.7 Å². The molecule has 0 radical (unpaired) electrons. The van der Waals surface area contributed by atoms with Crippen LogP contribution in [0.4, 0.5) is 5.69 Å². The summed E-state index contributed by atoms with van der Waals surface area (Å²) >= 11 is 3.32. The Morgan fingerprint density at radius 1 is 0.931 bits per heavy atom. The van der Waals surface area contributed by atoms with Crippen molar-refractivity contribution < 1.29 is 14.3 Å². The second kappa shape index (κ2) is 10.2. The fourth-order valence-corrected chi connectivity index (χ4v) is 2.59. The molecule has 1 amide bonds. The van der Waals surface area contributed by atoms with E-state index in [-0.39, 0.29) is 12.5 Å². The Kier molecular flexibility index (Phi) is 7.13. The molecular formula is C22H18BrN3O3. The Balaban J connectivity index is 1.46. The van der Waals surface area contributed by atoms with Gasteiger partial charge in [-0.05, 0) is 66.2 Å². The summed E-state index contributed by atoms with van der Waals surface area (Å²) < 4.78 is 6.22. The van der Waals surface area contributed by atoms with Crippen molar-refractivity contribution in [3.63, 3.8) is 0 Å². The first-order valence-electron chi connectivity index (χ1n) is 8.79. The summed E-state index contributed by atoms with van der Waals surface area (Å²) in [6.07, 6.45) is 1.51. The fraction of sp³-hybridized carbons (Fsp3) is 0.0455. The van der Waals surface area contributed by atoms with Crippen LogP contribution in [0.25, 0.3) is 0 Å². The molecule has 0 bridgehead atoms. The van der Waals surface area contributed by atoms with E-state index in [4.69, 9.17) is 4.74 Å². The van der Waals surface area contributed by atoms with E-state index in [1.807, 2.05) is 30.3 Å². The average molecular weight is 452 g/mol. The lowest BCUT2D eigenvalue weighted by Crippen LogP contribution is -2.25. The van der Waals surface area contributed by atoms with E-state index < -0.39 is 5.97 Å². The van der Waals surface area contributed by atoms with Gasteiger partial charge in [-0.3, -0.25) is 4.79 Å². The van der Waals surface area contributed by atoms with Gasteiger partial charge in [0.15, 0.2) is 0 Å². The minimum absolute atomic E-state index is 0.117. The number of carbonyl (C=O) groups is 2. The molecular weight excluding hydrogens is 434 g/mol. The second-order valence-electron chi connectivity index (χ2n) is 5.98. The highest BCUT2D eigenvalue weighted by Gasteiger charge is 2.08. The van der Waals surface area contributed by atoms with Gasteiger partial charge in [0.1, 0.15) is 5.75 Å². The molecule has 0 atom stereocenters. The van der Waals surface area contributed by atoms with Crippen LogP contribution in [-0.4, -0.2) is 24.6 Å². The third kappa shape index (κ3) is 6.58. The first-order chi connectivity index (χ1) is 14.1. The van der Waals surface area contributed by atoms with Crippen LogP contribution in [0.2, 0.25) is 0 Å². The number of nitrogens with zero attached hydrogens (tertiary/aromatic N) is 1. The molecule has 3 rings (SSSR count). The van der Waals surface area contributed by atoms with E-state index in [0.29, 0.717) is 11.3 Å². The molecule has 0 aliphatic heterocycles. The van der Waals surface area contributed by atoms with Crippen molar-refractivity contribution in [2.75, 3.05) is 11.9 Å². The van der Waals surface area contributed by atoms with E-state index in [9.17, 15) is 9.59 Å². The molecule has 29 heavy (non-hydrogen) atoms. The molecule has 0 heterocycles. The molecule has 3 aromatic rings. The number of rotatable bonds is 7. The number of nitrogens with one attached hydrogen (secondary N) is 2. The Bertz CT molecular complexity index is 988. The maximum Gasteiger partial charge on any atom is 0.343 e. The van der Waals surface area contributed by atoms with Gasteiger partial charge >= 0.3 is 5.97 Å². The lowest BCUT2D eigenvalue weighted by molar-refractivity contribution is -0.119. The number of hydrogen-bond donors (Lipinski definition) is 2. The molecule has 0 aromatic heterocycles. The normalized spacial score (nSPS) is 10.5. The third-order valence-electron chi connectivity index (χ3n) is 3.80. The number of hydrogen-bond acceptors (Lipinski definition) is 5. The highest BCUT2D eigenvalue weighted by Crippen LogP contribution is 2.15. The van der Waals surface area contributed by atoms with Crippen molar-refractivity contribution in [2.24, 2.45) is 5.10 Å². The highest BCUT2D eigenvalue weighted by molar-refractivity contribution is 9.10. The van der Waals surface area contributed by atoms with Gasteiger partial charge < -0.3 is 10.1 Å². The summed E-state index contributed by atoms with van der Waals surface area (Å²) in [5.74, 6) is -0.270. The summed E-state index contributed by atoms with van der Waals surface area (Å²) in [5, 5.41) is 6.92. The van der Waals surface area contributed by atoms with E-state index in [1.165, 1.54) is 6.21 Å². The molecule has 0 unspecified atom stereocenters. The molecule has 146 valence electrons. The quantitative estimate of drug-likeness (QED) is 0.243. The number of benzene rings is 3. The first kappa shape index (κ1) is 20.3. The third-order valence-corrected chi connectivity index (χ3v) is 4.33. The molecule has 0 saturated carbocycles. The number of ether oxygens (including phenoxy) is 1. The van der Waals surface area contributed by atoms with E-state index in [2.05, 4.69) is 31.8 Å². The Hall–Kier alpha value is -3.45.